The summed E-state index contributed by atoms with van der Waals surface area (Å²) in [7, 11) is 1.61. The maximum Gasteiger partial charge on any atom is 0.327 e. The number of carbonyl (C=O) groups excluding carboxylic acids is 1. The monoisotopic (exact) mass is 468 g/mol. The van der Waals surface area contributed by atoms with E-state index in [-0.39, 0.29) is 18.7 Å². The first-order chi connectivity index (χ1) is 16.1. The Bertz CT molecular complexity index is 1280. The average Bonchev–Trinajstić information content (AvgIpc) is 3.46. The van der Waals surface area contributed by atoms with E-state index < -0.39 is 5.97 Å². The zero-order valence-electron chi connectivity index (χ0n) is 18.4. The average molecular weight is 469 g/mol. The van der Waals surface area contributed by atoms with Crippen LogP contribution in [0.1, 0.15) is 23.2 Å². The van der Waals surface area contributed by atoms with Gasteiger partial charge in [-0.05, 0) is 53.1 Å². The second kappa shape index (κ2) is 10.4. The van der Waals surface area contributed by atoms with Crippen molar-refractivity contribution in [2.24, 2.45) is 0 Å². The number of hydrogen-bond acceptors (Lipinski definition) is 9. The van der Waals surface area contributed by atoms with Crippen LogP contribution in [0.2, 0.25) is 0 Å². The number of methoxy groups -OCH3 is 1. The molecule has 1 aromatic carbocycles. The predicted octanol–water partition coefficient (Wildman–Crippen LogP) is 2.35. The number of carbonyl (C=O) groups is 1. The van der Waals surface area contributed by atoms with Crippen molar-refractivity contribution in [3.05, 3.63) is 68.4 Å². The fraction of sp³-hybridized carbons (Fsp3) is 0.318. The van der Waals surface area contributed by atoms with Gasteiger partial charge in [0.15, 0.2) is 5.82 Å². The van der Waals surface area contributed by atoms with E-state index >= 15 is 0 Å². The lowest BCUT2D eigenvalue weighted by molar-refractivity contribution is -0.144. The van der Waals surface area contributed by atoms with Crippen molar-refractivity contribution in [2.45, 2.75) is 33.1 Å². The summed E-state index contributed by atoms with van der Waals surface area (Å²) >= 11 is 1.63. The Morgan fingerprint density at radius 3 is 2.85 bits per heavy atom. The Morgan fingerprint density at radius 1 is 1.21 bits per heavy atom. The summed E-state index contributed by atoms with van der Waals surface area (Å²) in [4.78, 5) is 30.9. The molecule has 0 saturated carbocycles. The third-order valence-corrected chi connectivity index (χ3v) is 5.90. The van der Waals surface area contributed by atoms with Crippen LogP contribution in [-0.2, 0) is 35.7 Å². The van der Waals surface area contributed by atoms with Gasteiger partial charge in [-0.15, -0.1) is 16.4 Å². The Hall–Kier alpha value is -3.57. The number of aromatic nitrogens is 5. The molecule has 3 heterocycles. The van der Waals surface area contributed by atoms with E-state index in [1.165, 1.54) is 4.68 Å². The molecule has 0 radical (unpaired) electrons. The summed E-state index contributed by atoms with van der Waals surface area (Å²) in [6.07, 6.45) is 0. The van der Waals surface area contributed by atoms with Crippen LogP contribution in [0, 0.1) is 0 Å². The number of pyridine rings is 1. The zero-order valence-corrected chi connectivity index (χ0v) is 19.2. The molecule has 0 unspecified atom stereocenters. The Balaban J connectivity index is 1.61. The van der Waals surface area contributed by atoms with Crippen LogP contribution < -0.4 is 10.3 Å². The number of fused-ring (bicyclic) bond motifs is 1. The fourth-order valence-electron chi connectivity index (χ4n) is 3.49. The standard InChI is InChI=1S/C22H24N6O4S/c1-3-32-21(29)14-28-20(24-25-26-28)13-27(12-18-5-4-8-33-18)11-16-9-15-10-17(31-2)6-7-19(15)23-22(16)30/h4-10H,3,11-14H2,1-2H3,(H,23,30). The van der Waals surface area contributed by atoms with Gasteiger partial charge in [0.05, 0.1) is 20.3 Å². The third-order valence-electron chi connectivity index (χ3n) is 5.04. The maximum absolute atomic E-state index is 12.8. The highest BCUT2D eigenvalue weighted by Crippen LogP contribution is 2.20. The van der Waals surface area contributed by atoms with E-state index in [9.17, 15) is 9.59 Å². The van der Waals surface area contributed by atoms with Crippen LogP contribution in [0.3, 0.4) is 0 Å². The van der Waals surface area contributed by atoms with Crippen molar-refractivity contribution in [3.8, 4) is 5.75 Å². The van der Waals surface area contributed by atoms with Crippen molar-refractivity contribution >= 4 is 28.2 Å². The molecule has 0 atom stereocenters. The minimum atomic E-state index is -0.407. The van der Waals surface area contributed by atoms with Crippen molar-refractivity contribution in [3.63, 3.8) is 0 Å². The van der Waals surface area contributed by atoms with E-state index in [1.54, 1.807) is 25.4 Å². The molecule has 10 nitrogen and oxygen atoms in total. The van der Waals surface area contributed by atoms with E-state index in [4.69, 9.17) is 9.47 Å². The molecule has 11 heteroatoms. The highest BCUT2D eigenvalue weighted by Gasteiger charge is 2.18. The molecule has 4 rings (SSSR count). The maximum atomic E-state index is 12.8. The normalized spacial score (nSPS) is 11.2. The molecule has 0 aliphatic carbocycles. The van der Waals surface area contributed by atoms with Crippen LogP contribution >= 0.6 is 11.3 Å². The number of aromatic amines is 1. The first-order valence-corrected chi connectivity index (χ1v) is 11.3. The Kier molecular flexibility index (Phi) is 7.10. The van der Waals surface area contributed by atoms with Crippen molar-refractivity contribution in [2.75, 3.05) is 13.7 Å². The van der Waals surface area contributed by atoms with Gasteiger partial charge in [-0.1, -0.05) is 6.07 Å². The number of H-pyrrole nitrogens is 1. The Labute approximate surface area is 193 Å². The molecule has 172 valence electrons. The first-order valence-electron chi connectivity index (χ1n) is 10.4. The van der Waals surface area contributed by atoms with Crippen molar-refractivity contribution < 1.29 is 14.3 Å². The first kappa shape index (κ1) is 22.6. The summed E-state index contributed by atoms with van der Waals surface area (Å²) < 4.78 is 11.7. The van der Waals surface area contributed by atoms with Crippen molar-refractivity contribution in [1.82, 2.24) is 30.1 Å². The molecule has 0 spiro atoms. The second-order valence-corrected chi connectivity index (χ2v) is 8.39. The number of ether oxygens (including phenoxy) is 2. The van der Waals surface area contributed by atoms with Crippen LogP contribution in [0.25, 0.3) is 10.9 Å². The number of nitrogens with one attached hydrogen (secondary N) is 1. The lowest BCUT2D eigenvalue weighted by atomic mass is 10.1. The minimum Gasteiger partial charge on any atom is -0.497 e. The summed E-state index contributed by atoms with van der Waals surface area (Å²) in [5.41, 5.74) is 1.19. The topological polar surface area (TPSA) is 115 Å². The van der Waals surface area contributed by atoms with E-state index in [2.05, 4.69) is 25.4 Å². The number of thiophene rings is 1. The lowest BCUT2D eigenvalue weighted by Crippen LogP contribution is -2.28. The summed E-state index contributed by atoms with van der Waals surface area (Å²) in [6, 6.07) is 11.4. The smallest absolute Gasteiger partial charge is 0.327 e. The quantitative estimate of drug-likeness (QED) is 0.353. The molecule has 0 amide bonds. The van der Waals surface area contributed by atoms with Gasteiger partial charge >= 0.3 is 5.97 Å². The van der Waals surface area contributed by atoms with Gasteiger partial charge in [-0.2, -0.15) is 0 Å². The predicted molar refractivity (Wildman–Crippen MR) is 123 cm³/mol. The summed E-state index contributed by atoms with van der Waals surface area (Å²) in [6.45, 7) is 3.28. The highest BCUT2D eigenvalue weighted by atomic mass is 32.1. The van der Waals surface area contributed by atoms with Gasteiger partial charge in [0, 0.05) is 34.4 Å². The summed E-state index contributed by atoms with van der Waals surface area (Å²) in [5, 5.41) is 14.6. The molecular formula is C22H24N6O4S. The SMILES string of the molecule is CCOC(=O)Cn1nnnc1CN(Cc1cccs1)Cc1cc2cc(OC)ccc2[nH]c1=O. The van der Waals surface area contributed by atoms with Gasteiger partial charge in [-0.25, -0.2) is 4.68 Å². The van der Waals surface area contributed by atoms with E-state index in [0.29, 0.717) is 36.8 Å². The molecule has 0 bridgehead atoms. The molecular weight excluding hydrogens is 444 g/mol. The lowest BCUT2D eigenvalue weighted by Gasteiger charge is -2.21. The number of benzene rings is 1. The van der Waals surface area contributed by atoms with Gasteiger partial charge in [0.25, 0.3) is 5.56 Å². The largest absolute Gasteiger partial charge is 0.497 e. The molecule has 0 aliphatic heterocycles. The van der Waals surface area contributed by atoms with Gasteiger partial charge < -0.3 is 14.5 Å². The van der Waals surface area contributed by atoms with Crippen molar-refractivity contribution in [1.29, 1.82) is 0 Å². The number of esters is 1. The molecule has 0 fully saturated rings. The molecule has 0 aliphatic rings. The second-order valence-electron chi connectivity index (χ2n) is 7.36. The number of nitrogens with zero attached hydrogens (tertiary/aromatic N) is 5. The van der Waals surface area contributed by atoms with Gasteiger partial charge in [0.1, 0.15) is 12.3 Å². The molecule has 3 aromatic heterocycles. The molecule has 1 N–H and O–H groups in total. The molecule has 0 saturated heterocycles. The highest BCUT2D eigenvalue weighted by molar-refractivity contribution is 7.09. The minimum absolute atomic E-state index is 0.0701. The van der Waals surface area contributed by atoms with Crippen LogP contribution in [0.15, 0.2) is 46.6 Å². The van der Waals surface area contributed by atoms with Crippen LogP contribution in [0.4, 0.5) is 0 Å². The van der Waals surface area contributed by atoms with Crippen LogP contribution in [-0.4, -0.2) is 49.8 Å². The molecule has 4 aromatic rings. The van der Waals surface area contributed by atoms with Gasteiger partial charge in [-0.3, -0.25) is 14.5 Å². The van der Waals surface area contributed by atoms with Gasteiger partial charge in [0.2, 0.25) is 0 Å². The van der Waals surface area contributed by atoms with E-state index in [1.807, 2.05) is 41.8 Å². The third kappa shape index (κ3) is 5.62. The molecule has 33 heavy (non-hydrogen) atoms. The fourth-order valence-corrected chi connectivity index (χ4v) is 4.24. The zero-order chi connectivity index (χ0) is 23.2. The summed E-state index contributed by atoms with van der Waals surface area (Å²) in [5.74, 6) is 0.823. The number of tetrazole rings is 1. The number of rotatable bonds is 10. The number of hydrogen-bond donors (Lipinski definition) is 1. The van der Waals surface area contributed by atoms with Crippen LogP contribution in [0.5, 0.6) is 5.75 Å². The van der Waals surface area contributed by atoms with E-state index in [0.717, 1.165) is 15.8 Å². The Morgan fingerprint density at radius 2 is 2.09 bits per heavy atom.